The monoisotopic (exact) mass is 243 g/mol. The standard InChI is InChI=1S/C14H17N3O/c1-8-4-5-17(18)14-12(8)15-13(16-14)11-7-9-2-3-10(11)6-9/h4-5,9-11H,2-3,6-7H2,1H3,(H,15,16). The van der Waals surface area contributed by atoms with E-state index >= 15 is 0 Å². The summed E-state index contributed by atoms with van der Waals surface area (Å²) in [7, 11) is 0. The zero-order valence-corrected chi connectivity index (χ0v) is 10.5. The number of imidazole rings is 1. The second-order valence-electron chi connectivity index (χ2n) is 5.93. The van der Waals surface area contributed by atoms with Crippen LogP contribution in [0.3, 0.4) is 0 Å². The molecule has 18 heavy (non-hydrogen) atoms. The quantitative estimate of drug-likeness (QED) is 0.617. The third-order valence-corrected chi connectivity index (χ3v) is 4.85. The lowest BCUT2D eigenvalue weighted by molar-refractivity contribution is -0.579. The van der Waals surface area contributed by atoms with Gasteiger partial charge in [-0.3, -0.25) is 0 Å². The Labute approximate surface area is 106 Å². The number of aromatic amines is 1. The number of H-pyrrole nitrogens is 1. The first-order valence-corrected chi connectivity index (χ1v) is 6.81. The van der Waals surface area contributed by atoms with E-state index in [1.165, 1.54) is 25.7 Å². The molecule has 2 heterocycles. The van der Waals surface area contributed by atoms with E-state index < -0.39 is 0 Å². The number of hydrogen-bond acceptors (Lipinski definition) is 2. The molecule has 4 rings (SSSR count). The Morgan fingerprint density at radius 3 is 2.94 bits per heavy atom. The fourth-order valence-corrected chi connectivity index (χ4v) is 3.90. The van der Waals surface area contributed by atoms with Gasteiger partial charge in [0, 0.05) is 5.92 Å². The minimum atomic E-state index is 0.551. The molecular formula is C14H17N3O. The number of aromatic nitrogens is 3. The Kier molecular flexibility index (Phi) is 1.99. The highest BCUT2D eigenvalue weighted by molar-refractivity contribution is 5.71. The SMILES string of the molecule is Cc1cc[n+]([O-])c2[nH]c(C3CC4CCC3C4)nc12. The van der Waals surface area contributed by atoms with Gasteiger partial charge in [0.05, 0.1) is 6.20 Å². The highest BCUT2D eigenvalue weighted by Crippen LogP contribution is 2.52. The summed E-state index contributed by atoms with van der Waals surface area (Å²) in [5.41, 5.74) is 2.53. The molecule has 3 unspecified atom stereocenters. The number of pyridine rings is 1. The van der Waals surface area contributed by atoms with E-state index in [-0.39, 0.29) is 0 Å². The van der Waals surface area contributed by atoms with E-state index in [0.717, 1.165) is 33.5 Å². The molecule has 3 atom stereocenters. The van der Waals surface area contributed by atoms with Crippen LogP contribution < -0.4 is 4.73 Å². The first-order chi connectivity index (χ1) is 8.72. The Bertz CT molecular complexity index is 580. The van der Waals surface area contributed by atoms with Crippen molar-refractivity contribution < 1.29 is 4.73 Å². The first-order valence-electron chi connectivity index (χ1n) is 6.81. The van der Waals surface area contributed by atoms with E-state index in [9.17, 15) is 5.21 Å². The largest absolute Gasteiger partial charge is 0.711 e. The van der Waals surface area contributed by atoms with Gasteiger partial charge in [0.1, 0.15) is 0 Å². The summed E-state index contributed by atoms with van der Waals surface area (Å²) in [6.45, 7) is 2.01. The number of hydrogen-bond donors (Lipinski definition) is 1. The number of rotatable bonds is 1. The van der Waals surface area contributed by atoms with Crippen LogP contribution in [0, 0.1) is 24.0 Å². The molecule has 0 aliphatic heterocycles. The minimum absolute atomic E-state index is 0.551. The normalized spacial score (nSPS) is 30.4. The molecule has 0 aromatic carbocycles. The predicted octanol–water partition coefficient (Wildman–Crippen LogP) is 2.41. The second-order valence-corrected chi connectivity index (χ2v) is 5.93. The lowest BCUT2D eigenvalue weighted by Crippen LogP contribution is -2.26. The summed E-state index contributed by atoms with van der Waals surface area (Å²) in [4.78, 5) is 7.97. The van der Waals surface area contributed by atoms with Gasteiger partial charge in [0.2, 0.25) is 0 Å². The van der Waals surface area contributed by atoms with Gasteiger partial charge in [-0.15, -0.1) is 0 Å². The van der Waals surface area contributed by atoms with Gasteiger partial charge in [-0.05, 0) is 49.7 Å². The highest BCUT2D eigenvalue weighted by Gasteiger charge is 2.43. The highest BCUT2D eigenvalue weighted by atomic mass is 16.5. The van der Waals surface area contributed by atoms with Crippen LogP contribution in [-0.2, 0) is 0 Å². The molecule has 4 heteroatoms. The van der Waals surface area contributed by atoms with Crippen LogP contribution in [0.4, 0.5) is 0 Å². The average molecular weight is 243 g/mol. The Balaban J connectivity index is 1.82. The van der Waals surface area contributed by atoms with Crippen LogP contribution in [-0.4, -0.2) is 9.97 Å². The van der Waals surface area contributed by atoms with Crippen molar-refractivity contribution in [2.45, 2.75) is 38.5 Å². The van der Waals surface area contributed by atoms with Gasteiger partial charge in [0.25, 0.3) is 0 Å². The third kappa shape index (κ3) is 1.32. The van der Waals surface area contributed by atoms with Crippen molar-refractivity contribution in [2.75, 3.05) is 0 Å². The smallest absolute Gasteiger partial charge is 0.310 e. The summed E-state index contributed by atoms with van der Waals surface area (Å²) in [6.07, 6.45) is 6.89. The minimum Gasteiger partial charge on any atom is -0.711 e. The molecular weight excluding hydrogens is 226 g/mol. The van der Waals surface area contributed by atoms with E-state index in [4.69, 9.17) is 4.98 Å². The van der Waals surface area contributed by atoms with E-state index in [1.54, 1.807) is 6.20 Å². The van der Waals surface area contributed by atoms with Crippen molar-refractivity contribution in [1.29, 1.82) is 0 Å². The number of fused-ring (bicyclic) bond motifs is 3. The van der Waals surface area contributed by atoms with Crippen LogP contribution in [0.5, 0.6) is 0 Å². The third-order valence-electron chi connectivity index (χ3n) is 4.85. The molecule has 2 aliphatic carbocycles. The predicted molar refractivity (Wildman–Crippen MR) is 68.0 cm³/mol. The lowest BCUT2D eigenvalue weighted by atomic mass is 9.88. The summed E-state index contributed by atoms with van der Waals surface area (Å²) in [5.74, 6) is 3.27. The fourth-order valence-electron chi connectivity index (χ4n) is 3.90. The maximum Gasteiger partial charge on any atom is 0.310 e. The average Bonchev–Trinajstić information content (AvgIpc) is 3.06. The Hall–Kier alpha value is -1.58. The number of nitrogens with one attached hydrogen (secondary N) is 1. The fraction of sp³-hybridized carbons (Fsp3) is 0.571. The molecule has 2 bridgehead atoms. The number of aryl methyl sites for hydroxylation is 1. The van der Waals surface area contributed by atoms with Crippen molar-refractivity contribution in [2.24, 2.45) is 11.8 Å². The summed E-state index contributed by atoms with van der Waals surface area (Å²) < 4.78 is 0.895. The van der Waals surface area contributed by atoms with Gasteiger partial charge < -0.3 is 5.21 Å². The molecule has 0 spiro atoms. The van der Waals surface area contributed by atoms with Crippen molar-refractivity contribution in [3.05, 3.63) is 28.9 Å². The molecule has 0 amide bonds. The van der Waals surface area contributed by atoms with Crippen molar-refractivity contribution in [1.82, 2.24) is 9.97 Å². The maximum absolute atomic E-state index is 11.8. The van der Waals surface area contributed by atoms with Gasteiger partial charge in [-0.2, -0.15) is 0 Å². The van der Waals surface area contributed by atoms with E-state index in [0.29, 0.717) is 11.6 Å². The molecule has 94 valence electrons. The van der Waals surface area contributed by atoms with Crippen molar-refractivity contribution in [3.8, 4) is 0 Å². The summed E-state index contributed by atoms with van der Waals surface area (Å²) in [6, 6.07) is 1.83. The molecule has 2 fully saturated rings. The molecule has 0 radical (unpaired) electrons. The topological polar surface area (TPSA) is 55.6 Å². The van der Waals surface area contributed by atoms with Gasteiger partial charge in [-0.25, -0.2) is 14.7 Å². The maximum atomic E-state index is 11.8. The molecule has 2 aliphatic rings. The number of nitrogens with zero attached hydrogens (tertiary/aromatic N) is 2. The molecule has 2 aromatic heterocycles. The van der Waals surface area contributed by atoms with Crippen molar-refractivity contribution >= 4 is 11.2 Å². The second kappa shape index (κ2) is 3.46. The van der Waals surface area contributed by atoms with Crippen LogP contribution in [0.2, 0.25) is 0 Å². The van der Waals surface area contributed by atoms with Gasteiger partial charge in [-0.1, -0.05) is 6.42 Å². The van der Waals surface area contributed by atoms with Gasteiger partial charge >= 0.3 is 5.65 Å². The molecule has 2 aromatic rings. The van der Waals surface area contributed by atoms with Gasteiger partial charge in [0.15, 0.2) is 11.3 Å². The van der Waals surface area contributed by atoms with Crippen LogP contribution in [0.25, 0.3) is 11.2 Å². The molecule has 2 saturated carbocycles. The zero-order valence-electron chi connectivity index (χ0n) is 10.5. The first kappa shape index (κ1) is 10.4. The van der Waals surface area contributed by atoms with E-state index in [2.05, 4.69) is 4.98 Å². The molecule has 1 N–H and O–H groups in total. The Morgan fingerprint density at radius 2 is 2.28 bits per heavy atom. The lowest BCUT2D eigenvalue weighted by Gasteiger charge is -2.17. The van der Waals surface area contributed by atoms with Crippen molar-refractivity contribution in [3.63, 3.8) is 0 Å². The summed E-state index contributed by atoms with van der Waals surface area (Å²) in [5, 5.41) is 11.8. The summed E-state index contributed by atoms with van der Waals surface area (Å²) >= 11 is 0. The van der Waals surface area contributed by atoms with Crippen LogP contribution >= 0.6 is 0 Å². The Morgan fingerprint density at radius 1 is 1.39 bits per heavy atom. The zero-order chi connectivity index (χ0) is 12.3. The van der Waals surface area contributed by atoms with Crippen LogP contribution in [0.15, 0.2) is 12.3 Å². The molecule has 4 nitrogen and oxygen atoms in total. The van der Waals surface area contributed by atoms with E-state index in [1.807, 2.05) is 13.0 Å². The van der Waals surface area contributed by atoms with Crippen LogP contribution in [0.1, 0.15) is 43.0 Å². The molecule has 0 saturated heterocycles.